The fourth-order valence-electron chi connectivity index (χ4n) is 4.03. The average Bonchev–Trinajstić information content (AvgIpc) is 2.72. The molecule has 0 aliphatic carbocycles. The van der Waals surface area contributed by atoms with E-state index in [2.05, 4.69) is 66.4 Å². The Morgan fingerprint density at radius 2 is 1.76 bits per heavy atom. The molecule has 1 aliphatic heterocycles. The molecule has 0 bridgehead atoms. The molecular formula is C25H25F2NO. The molecule has 2 nitrogen and oxygen atoms in total. The topological polar surface area (TPSA) is 21.3 Å². The van der Waals surface area contributed by atoms with Crippen molar-refractivity contribution in [1.82, 2.24) is 0 Å². The van der Waals surface area contributed by atoms with Crippen molar-refractivity contribution in [3.63, 3.8) is 0 Å². The van der Waals surface area contributed by atoms with Gasteiger partial charge < -0.3 is 10.1 Å². The maximum Gasteiger partial charge on any atom is 0.387 e. The Kier molecular flexibility index (Phi) is 5.52. The van der Waals surface area contributed by atoms with Crippen molar-refractivity contribution in [2.75, 3.05) is 5.32 Å². The van der Waals surface area contributed by atoms with Crippen molar-refractivity contribution in [3.8, 4) is 16.9 Å². The summed E-state index contributed by atoms with van der Waals surface area (Å²) in [5.41, 5.74) is 7.20. The molecule has 1 heterocycles. The van der Waals surface area contributed by atoms with Crippen molar-refractivity contribution in [2.45, 2.75) is 45.3 Å². The molecular weight excluding hydrogens is 368 g/mol. The maximum atomic E-state index is 12.5. The zero-order chi connectivity index (χ0) is 20.4. The molecule has 0 aromatic heterocycles. The summed E-state index contributed by atoms with van der Waals surface area (Å²) in [7, 11) is 0. The van der Waals surface area contributed by atoms with E-state index in [0.29, 0.717) is 5.92 Å². The molecule has 0 spiro atoms. The lowest BCUT2D eigenvalue weighted by Gasteiger charge is -2.29. The zero-order valence-corrected chi connectivity index (χ0v) is 16.7. The van der Waals surface area contributed by atoms with Crippen LogP contribution >= 0.6 is 0 Å². The Bertz CT molecular complexity index is 1000. The lowest BCUT2D eigenvalue weighted by atomic mass is 9.87. The SMILES string of the molecule is CC(C)c1cccc(-c2cccc3c2CCC(c2cccc(OC(F)F)c2)N3)c1. The number of benzene rings is 3. The summed E-state index contributed by atoms with van der Waals surface area (Å²) < 4.78 is 29.6. The Morgan fingerprint density at radius 1 is 0.966 bits per heavy atom. The number of rotatable bonds is 5. The molecule has 29 heavy (non-hydrogen) atoms. The van der Waals surface area contributed by atoms with Crippen molar-refractivity contribution in [3.05, 3.63) is 83.4 Å². The Balaban J connectivity index is 1.62. The Hall–Kier alpha value is -2.88. The van der Waals surface area contributed by atoms with Crippen molar-refractivity contribution < 1.29 is 13.5 Å². The summed E-state index contributed by atoms with van der Waals surface area (Å²) in [6.45, 7) is 1.60. The van der Waals surface area contributed by atoms with Crippen molar-refractivity contribution in [2.24, 2.45) is 0 Å². The largest absolute Gasteiger partial charge is 0.435 e. The summed E-state index contributed by atoms with van der Waals surface area (Å²) in [6.07, 6.45) is 1.82. The standard InChI is InChI=1S/C25H25F2NO/c1-16(2)17-6-3-7-18(14-17)21-10-5-11-24-22(21)12-13-23(28-24)19-8-4-9-20(15-19)29-25(26)27/h3-11,14-16,23,25,28H,12-13H2,1-2H3. The third-order valence-electron chi connectivity index (χ3n) is 5.54. The number of halogens is 2. The highest BCUT2D eigenvalue weighted by Crippen LogP contribution is 2.39. The van der Waals surface area contributed by atoms with E-state index in [1.807, 2.05) is 6.07 Å². The van der Waals surface area contributed by atoms with E-state index in [-0.39, 0.29) is 11.8 Å². The first-order valence-electron chi connectivity index (χ1n) is 10.0. The maximum absolute atomic E-state index is 12.5. The average molecular weight is 393 g/mol. The van der Waals surface area contributed by atoms with E-state index in [1.165, 1.54) is 22.3 Å². The minimum atomic E-state index is -2.81. The molecule has 0 radical (unpaired) electrons. The molecule has 0 saturated carbocycles. The first kappa shape index (κ1) is 19.4. The van der Waals surface area contributed by atoms with E-state index in [1.54, 1.807) is 18.2 Å². The van der Waals surface area contributed by atoms with Crippen LogP contribution in [0.5, 0.6) is 5.75 Å². The van der Waals surface area contributed by atoms with Gasteiger partial charge in [-0.05, 0) is 64.8 Å². The summed E-state index contributed by atoms with van der Waals surface area (Å²) in [4.78, 5) is 0. The summed E-state index contributed by atoms with van der Waals surface area (Å²) in [5, 5.41) is 3.60. The fourth-order valence-corrected chi connectivity index (χ4v) is 4.03. The van der Waals surface area contributed by atoms with Gasteiger partial charge in [-0.1, -0.05) is 62.4 Å². The zero-order valence-electron chi connectivity index (χ0n) is 16.7. The number of anilines is 1. The van der Waals surface area contributed by atoms with Crippen LogP contribution in [0.1, 0.15) is 48.9 Å². The smallest absolute Gasteiger partial charge is 0.387 e. The first-order chi connectivity index (χ1) is 14.0. The number of hydrogen-bond donors (Lipinski definition) is 1. The third kappa shape index (κ3) is 4.26. The molecule has 0 fully saturated rings. The van der Waals surface area contributed by atoms with E-state index in [4.69, 9.17) is 0 Å². The molecule has 1 N–H and O–H groups in total. The predicted octanol–water partition coefficient (Wildman–Crippen LogP) is 7.18. The molecule has 1 aliphatic rings. The van der Waals surface area contributed by atoms with Crippen molar-refractivity contribution in [1.29, 1.82) is 0 Å². The minimum Gasteiger partial charge on any atom is -0.435 e. The highest BCUT2D eigenvalue weighted by atomic mass is 19.3. The van der Waals surface area contributed by atoms with E-state index in [0.717, 1.165) is 24.1 Å². The molecule has 1 unspecified atom stereocenters. The summed E-state index contributed by atoms with van der Waals surface area (Å²) in [5.74, 6) is 0.684. The molecule has 3 aromatic carbocycles. The van der Waals surface area contributed by atoms with Gasteiger partial charge in [-0.3, -0.25) is 0 Å². The lowest BCUT2D eigenvalue weighted by molar-refractivity contribution is -0.0498. The lowest BCUT2D eigenvalue weighted by Crippen LogP contribution is -2.18. The minimum absolute atomic E-state index is 0.0703. The predicted molar refractivity (Wildman–Crippen MR) is 114 cm³/mol. The van der Waals surface area contributed by atoms with Crippen LogP contribution in [0, 0.1) is 0 Å². The van der Waals surface area contributed by atoms with Crippen LogP contribution in [0.4, 0.5) is 14.5 Å². The number of alkyl halides is 2. The van der Waals surface area contributed by atoms with Gasteiger partial charge in [0.25, 0.3) is 0 Å². The molecule has 150 valence electrons. The number of ether oxygens (including phenoxy) is 1. The van der Waals surface area contributed by atoms with Gasteiger partial charge in [0.05, 0.1) is 6.04 Å². The molecule has 3 aromatic rings. The molecule has 4 rings (SSSR count). The van der Waals surface area contributed by atoms with Gasteiger partial charge >= 0.3 is 6.61 Å². The van der Waals surface area contributed by atoms with Gasteiger partial charge in [0.15, 0.2) is 0 Å². The van der Waals surface area contributed by atoms with Crippen LogP contribution in [0.2, 0.25) is 0 Å². The summed E-state index contributed by atoms with van der Waals surface area (Å²) in [6, 6.07) is 22.1. The van der Waals surface area contributed by atoms with Gasteiger partial charge in [-0.25, -0.2) is 0 Å². The second kappa shape index (κ2) is 8.24. The Morgan fingerprint density at radius 3 is 2.55 bits per heavy atom. The normalized spacial score (nSPS) is 15.9. The fraction of sp³-hybridized carbons (Fsp3) is 0.280. The van der Waals surface area contributed by atoms with Gasteiger partial charge in [-0.15, -0.1) is 0 Å². The second-order valence-electron chi connectivity index (χ2n) is 7.80. The summed E-state index contributed by atoms with van der Waals surface area (Å²) >= 11 is 0. The highest BCUT2D eigenvalue weighted by molar-refractivity contribution is 5.75. The molecule has 4 heteroatoms. The van der Waals surface area contributed by atoms with Gasteiger partial charge in [0.2, 0.25) is 0 Å². The van der Waals surface area contributed by atoms with E-state index >= 15 is 0 Å². The van der Waals surface area contributed by atoms with Crippen LogP contribution in [0.15, 0.2) is 66.7 Å². The van der Waals surface area contributed by atoms with Crippen LogP contribution < -0.4 is 10.1 Å². The Labute approximate surface area is 170 Å². The van der Waals surface area contributed by atoms with Crippen LogP contribution in [0.25, 0.3) is 11.1 Å². The number of nitrogens with one attached hydrogen (secondary N) is 1. The monoisotopic (exact) mass is 393 g/mol. The number of hydrogen-bond acceptors (Lipinski definition) is 2. The quantitative estimate of drug-likeness (QED) is 0.496. The highest BCUT2D eigenvalue weighted by Gasteiger charge is 2.22. The van der Waals surface area contributed by atoms with Gasteiger partial charge in [-0.2, -0.15) is 8.78 Å². The van der Waals surface area contributed by atoms with E-state index < -0.39 is 6.61 Å². The van der Waals surface area contributed by atoms with E-state index in [9.17, 15) is 8.78 Å². The molecule has 1 atom stereocenters. The van der Waals surface area contributed by atoms with Crippen LogP contribution in [-0.4, -0.2) is 6.61 Å². The van der Waals surface area contributed by atoms with Crippen LogP contribution in [-0.2, 0) is 6.42 Å². The second-order valence-corrected chi connectivity index (χ2v) is 7.80. The first-order valence-corrected chi connectivity index (χ1v) is 10.0. The van der Waals surface area contributed by atoms with Gasteiger partial charge in [0.1, 0.15) is 5.75 Å². The third-order valence-corrected chi connectivity index (χ3v) is 5.54. The number of fused-ring (bicyclic) bond motifs is 1. The van der Waals surface area contributed by atoms with Crippen molar-refractivity contribution >= 4 is 5.69 Å². The van der Waals surface area contributed by atoms with Crippen LogP contribution in [0.3, 0.4) is 0 Å². The molecule has 0 saturated heterocycles. The van der Waals surface area contributed by atoms with Gasteiger partial charge in [0, 0.05) is 5.69 Å². The molecule has 0 amide bonds.